The number of benzene rings is 1. The maximum atomic E-state index is 12.6. The molecule has 3 heteroatoms. The minimum Gasteiger partial charge on any atom is -0.325 e. The zero-order valence-corrected chi connectivity index (χ0v) is 13.8. The van der Waals surface area contributed by atoms with Gasteiger partial charge in [0, 0.05) is 11.2 Å². The van der Waals surface area contributed by atoms with Gasteiger partial charge in [-0.25, -0.2) is 0 Å². The van der Waals surface area contributed by atoms with Crippen LogP contribution in [0.4, 0.5) is 5.69 Å². The van der Waals surface area contributed by atoms with Gasteiger partial charge in [0.15, 0.2) is 0 Å². The fraction of sp³-hybridized carbons (Fsp3) is 0.588. The molecule has 1 aromatic carbocycles. The molecule has 0 aliphatic heterocycles. The van der Waals surface area contributed by atoms with Crippen LogP contribution in [0.2, 0.25) is 0 Å². The monoisotopic (exact) mass is 276 g/mol. The van der Waals surface area contributed by atoms with E-state index < -0.39 is 11.0 Å². The number of hydrogen-bond acceptors (Lipinski definition) is 2. The van der Waals surface area contributed by atoms with E-state index in [4.69, 9.17) is 5.73 Å². The van der Waals surface area contributed by atoms with Gasteiger partial charge in [0.2, 0.25) is 5.91 Å². The summed E-state index contributed by atoms with van der Waals surface area (Å²) < 4.78 is 0. The van der Waals surface area contributed by atoms with Crippen molar-refractivity contribution in [2.45, 2.75) is 59.4 Å². The third-order valence-electron chi connectivity index (χ3n) is 4.16. The molecule has 0 saturated heterocycles. The smallest absolute Gasteiger partial charge is 0.231 e. The van der Waals surface area contributed by atoms with Crippen LogP contribution in [0.15, 0.2) is 24.3 Å². The molecule has 0 atom stereocenters. The molecule has 3 N–H and O–H groups in total. The molecule has 0 aliphatic carbocycles. The predicted octanol–water partition coefficient (Wildman–Crippen LogP) is 3.69. The van der Waals surface area contributed by atoms with Crippen molar-refractivity contribution in [3.8, 4) is 0 Å². The summed E-state index contributed by atoms with van der Waals surface area (Å²) >= 11 is 0. The van der Waals surface area contributed by atoms with Crippen molar-refractivity contribution in [3.05, 3.63) is 29.8 Å². The molecule has 1 amide bonds. The van der Waals surface area contributed by atoms with Crippen molar-refractivity contribution in [3.63, 3.8) is 0 Å². The van der Waals surface area contributed by atoms with Gasteiger partial charge in [-0.15, -0.1) is 0 Å². The minimum absolute atomic E-state index is 0.0216. The van der Waals surface area contributed by atoms with Crippen LogP contribution in [0.1, 0.15) is 54.0 Å². The largest absolute Gasteiger partial charge is 0.325 e. The highest BCUT2D eigenvalue weighted by atomic mass is 16.2. The first kappa shape index (κ1) is 16.7. The number of nitrogens with two attached hydrogens (primary N) is 1. The second kappa shape index (κ2) is 5.21. The summed E-state index contributed by atoms with van der Waals surface area (Å²) in [6.07, 6.45) is 0. The molecule has 20 heavy (non-hydrogen) atoms. The van der Waals surface area contributed by atoms with Crippen LogP contribution in [0, 0.1) is 5.41 Å². The first-order valence-electron chi connectivity index (χ1n) is 7.07. The lowest BCUT2D eigenvalue weighted by Crippen LogP contribution is -2.53. The van der Waals surface area contributed by atoms with Gasteiger partial charge in [0.05, 0.1) is 5.41 Å². The third kappa shape index (κ3) is 3.40. The summed E-state index contributed by atoms with van der Waals surface area (Å²) in [7, 11) is 0. The normalized spacial score (nSPS) is 13.2. The van der Waals surface area contributed by atoms with Crippen LogP contribution < -0.4 is 11.1 Å². The number of rotatable bonds is 3. The first-order valence-corrected chi connectivity index (χ1v) is 7.07. The molecule has 0 unspecified atom stereocenters. The summed E-state index contributed by atoms with van der Waals surface area (Å²) in [5.41, 5.74) is 6.85. The van der Waals surface area contributed by atoms with Crippen molar-refractivity contribution < 1.29 is 4.79 Å². The summed E-state index contributed by atoms with van der Waals surface area (Å²) in [6.45, 7) is 13.9. The average molecular weight is 276 g/mol. The lowest BCUT2D eigenvalue weighted by Gasteiger charge is -2.37. The Morgan fingerprint density at radius 1 is 1.00 bits per heavy atom. The van der Waals surface area contributed by atoms with Crippen LogP contribution in [0.25, 0.3) is 0 Å². The number of nitrogens with one attached hydrogen (secondary N) is 1. The fourth-order valence-electron chi connectivity index (χ4n) is 1.82. The third-order valence-corrected chi connectivity index (χ3v) is 4.16. The van der Waals surface area contributed by atoms with E-state index in [1.807, 2.05) is 45.9 Å². The van der Waals surface area contributed by atoms with Crippen LogP contribution in [-0.2, 0) is 10.2 Å². The van der Waals surface area contributed by atoms with Gasteiger partial charge in [-0.1, -0.05) is 39.0 Å². The maximum Gasteiger partial charge on any atom is 0.231 e. The van der Waals surface area contributed by atoms with Crippen LogP contribution in [0.3, 0.4) is 0 Å². The summed E-state index contributed by atoms with van der Waals surface area (Å²) in [6, 6.07) is 7.92. The van der Waals surface area contributed by atoms with E-state index in [-0.39, 0.29) is 11.3 Å². The molecular weight excluding hydrogens is 248 g/mol. The quantitative estimate of drug-likeness (QED) is 0.884. The highest BCUT2D eigenvalue weighted by Crippen LogP contribution is 2.33. The van der Waals surface area contributed by atoms with Gasteiger partial charge in [-0.05, 0) is 44.7 Å². The molecular formula is C17H28N2O. The van der Waals surface area contributed by atoms with E-state index in [1.54, 1.807) is 0 Å². The topological polar surface area (TPSA) is 55.1 Å². The molecule has 0 heterocycles. The molecule has 0 bridgehead atoms. The molecule has 112 valence electrons. The fourth-order valence-corrected chi connectivity index (χ4v) is 1.82. The number of hydrogen-bond donors (Lipinski definition) is 2. The zero-order chi connectivity index (χ0) is 15.8. The number of carbonyl (C=O) groups excluding carboxylic acids is 1. The second-order valence-electron chi connectivity index (χ2n) is 7.60. The molecule has 0 aromatic heterocycles. The Kier molecular flexibility index (Phi) is 4.35. The molecule has 0 fully saturated rings. The SMILES string of the molecule is CC(C)(C)c1ccccc1NC(=O)C(C)(C)C(C)(C)N. The van der Waals surface area contributed by atoms with Crippen LogP contribution in [0.5, 0.6) is 0 Å². The van der Waals surface area contributed by atoms with Gasteiger partial charge in [0.25, 0.3) is 0 Å². The van der Waals surface area contributed by atoms with Gasteiger partial charge in [0.1, 0.15) is 0 Å². The Morgan fingerprint density at radius 2 is 1.50 bits per heavy atom. The van der Waals surface area contributed by atoms with E-state index in [2.05, 4.69) is 32.2 Å². The number of amides is 1. The van der Waals surface area contributed by atoms with Crippen molar-refractivity contribution >= 4 is 11.6 Å². The number of para-hydroxylation sites is 1. The van der Waals surface area contributed by atoms with E-state index in [9.17, 15) is 4.79 Å². The maximum absolute atomic E-state index is 12.6. The minimum atomic E-state index is -0.655. The first-order chi connectivity index (χ1) is 8.87. The highest BCUT2D eigenvalue weighted by molar-refractivity contribution is 5.96. The van der Waals surface area contributed by atoms with Crippen molar-refractivity contribution in [2.24, 2.45) is 11.1 Å². The summed E-state index contributed by atoms with van der Waals surface area (Å²) in [4.78, 5) is 12.6. The second-order valence-corrected chi connectivity index (χ2v) is 7.60. The van der Waals surface area contributed by atoms with E-state index >= 15 is 0 Å². The van der Waals surface area contributed by atoms with Crippen molar-refractivity contribution in [1.82, 2.24) is 0 Å². The van der Waals surface area contributed by atoms with Crippen LogP contribution >= 0.6 is 0 Å². The molecule has 3 nitrogen and oxygen atoms in total. The van der Waals surface area contributed by atoms with Crippen LogP contribution in [-0.4, -0.2) is 11.4 Å². The Labute approximate surface area is 122 Å². The van der Waals surface area contributed by atoms with E-state index in [0.717, 1.165) is 11.3 Å². The summed E-state index contributed by atoms with van der Waals surface area (Å²) in [5.74, 6) is -0.0540. The van der Waals surface area contributed by atoms with E-state index in [0.29, 0.717) is 0 Å². The predicted molar refractivity (Wildman–Crippen MR) is 85.8 cm³/mol. The highest BCUT2D eigenvalue weighted by Gasteiger charge is 2.40. The van der Waals surface area contributed by atoms with Gasteiger partial charge in [-0.3, -0.25) is 4.79 Å². The van der Waals surface area contributed by atoms with Gasteiger partial charge < -0.3 is 11.1 Å². The van der Waals surface area contributed by atoms with Gasteiger partial charge >= 0.3 is 0 Å². The lowest BCUT2D eigenvalue weighted by atomic mass is 9.74. The van der Waals surface area contributed by atoms with E-state index in [1.165, 1.54) is 0 Å². The number of anilines is 1. The standard InChI is InChI=1S/C17H28N2O/c1-15(2,3)12-10-8-9-11-13(12)19-14(20)16(4,5)17(6,7)18/h8-11H,18H2,1-7H3,(H,19,20). The molecule has 0 radical (unpaired) electrons. The molecule has 0 aliphatic rings. The molecule has 1 aromatic rings. The molecule has 0 saturated carbocycles. The van der Waals surface area contributed by atoms with Gasteiger partial charge in [-0.2, -0.15) is 0 Å². The molecule has 0 spiro atoms. The Bertz CT molecular complexity index is 490. The Morgan fingerprint density at radius 3 is 1.95 bits per heavy atom. The van der Waals surface area contributed by atoms with Crippen molar-refractivity contribution in [1.29, 1.82) is 0 Å². The average Bonchev–Trinajstić information content (AvgIpc) is 2.26. The summed E-state index contributed by atoms with van der Waals surface area (Å²) in [5, 5.41) is 3.04. The lowest BCUT2D eigenvalue weighted by molar-refractivity contribution is -0.126. The Balaban J connectivity index is 3.10. The number of carbonyl (C=O) groups is 1. The van der Waals surface area contributed by atoms with Crippen molar-refractivity contribution in [2.75, 3.05) is 5.32 Å². The molecule has 1 rings (SSSR count). The Hall–Kier alpha value is -1.35. The zero-order valence-electron chi connectivity index (χ0n) is 13.8.